The van der Waals surface area contributed by atoms with Gasteiger partial charge >= 0.3 is 5.97 Å². The molecule has 0 radical (unpaired) electrons. The van der Waals surface area contributed by atoms with Gasteiger partial charge in [-0.3, -0.25) is 9.59 Å². The minimum atomic E-state index is -1.13. The van der Waals surface area contributed by atoms with Gasteiger partial charge in [-0.15, -0.1) is 0 Å². The average Bonchev–Trinajstić information content (AvgIpc) is 2.68. The summed E-state index contributed by atoms with van der Waals surface area (Å²) in [4.78, 5) is 37.0. The van der Waals surface area contributed by atoms with Gasteiger partial charge in [-0.2, -0.15) is 0 Å². The molecule has 1 N–H and O–H groups in total. The Labute approximate surface area is 154 Å². The fourth-order valence-corrected chi connectivity index (χ4v) is 3.03. The van der Waals surface area contributed by atoms with Crippen LogP contribution in [0.1, 0.15) is 37.4 Å². The number of carboxylic acids is 1. The van der Waals surface area contributed by atoms with Gasteiger partial charge in [0.25, 0.3) is 0 Å². The smallest absolute Gasteiger partial charge is 0.328 e. The van der Waals surface area contributed by atoms with E-state index in [-0.39, 0.29) is 33.8 Å². The molecule has 2 aromatic carbocycles. The number of carbonyl (C=O) groups excluding carboxylic acids is 2. The zero-order chi connectivity index (χ0) is 19.7. The van der Waals surface area contributed by atoms with Crippen LogP contribution in [0.3, 0.4) is 0 Å². The number of aliphatic carboxylic acids is 1. The topological polar surface area (TPSA) is 99.1 Å². The van der Waals surface area contributed by atoms with Gasteiger partial charge in [0.05, 0.1) is 32.5 Å². The first-order valence-electron chi connectivity index (χ1n) is 7.89. The molecule has 0 fully saturated rings. The molecule has 7 nitrogen and oxygen atoms in total. The molecule has 0 saturated heterocycles. The summed E-state index contributed by atoms with van der Waals surface area (Å²) < 4.78 is 15.8. The Hall–Kier alpha value is -3.61. The summed E-state index contributed by atoms with van der Waals surface area (Å²) in [5, 5.41) is 8.81. The molecular formula is C20H16O7. The van der Waals surface area contributed by atoms with Crippen molar-refractivity contribution in [2.24, 2.45) is 0 Å². The number of carboxylic acid groups (broad SMARTS) is 1. The summed E-state index contributed by atoms with van der Waals surface area (Å²) in [6.07, 6.45) is 2.26. The first-order valence-corrected chi connectivity index (χ1v) is 7.89. The molecule has 0 spiro atoms. The van der Waals surface area contributed by atoms with Crippen LogP contribution in [0.5, 0.6) is 17.2 Å². The summed E-state index contributed by atoms with van der Waals surface area (Å²) in [7, 11) is 4.22. The molecule has 1 aliphatic rings. The Kier molecular flexibility index (Phi) is 4.68. The third kappa shape index (κ3) is 3.03. The lowest BCUT2D eigenvalue weighted by molar-refractivity contribution is -0.131. The van der Waals surface area contributed by atoms with Gasteiger partial charge in [-0.05, 0) is 29.8 Å². The highest BCUT2D eigenvalue weighted by Crippen LogP contribution is 2.40. The van der Waals surface area contributed by atoms with E-state index in [0.717, 1.165) is 6.08 Å². The molecule has 138 valence electrons. The van der Waals surface area contributed by atoms with E-state index in [4.69, 9.17) is 19.3 Å². The Morgan fingerprint density at radius 1 is 0.852 bits per heavy atom. The molecule has 2 aromatic rings. The number of hydrogen-bond donors (Lipinski definition) is 1. The van der Waals surface area contributed by atoms with E-state index in [1.165, 1.54) is 51.7 Å². The zero-order valence-electron chi connectivity index (χ0n) is 14.9. The van der Waals surface area contributed by atoms with Crippen molar-refractivity contribution in [2.75, 3.05) is 21.3 Å². The number of rotatable bonds is 5. The van der Waals surface area contributed by atoms with Gasteiger partial charge in [0, 0.05) is 23.3 Å². The van der Waals surface area contributed by atoms with Crippen LogP contribution in [0.2, 0.25) is 0 Å². The molecule has 1 aliphatic carbocycles. The minimum Gasteiger partial charge on any atom is -0.497 e. The molecule has 0 atom stereocenters. The van der Waals surface area contributed by atoms with Crippen molar-refractivity contribution in [3.8, 4) is 17.2 Å². The maximum absolute atomic E-state index is 13.1. The average molecular weight is 368 g/mol. The summed E-state index contributed by atoms with van der Waals surface area (Å²) in [6.45, 7) is 0. The van der Waals surface area contributed by atoms with Crippen LogP contribution in [0.15, 0.2) is 30.3 Å². The zero-order valence-corrected chi connectivity index (χ0v) is 14.9. The molecule has 3 rings (SSSR count). The van der Waals surface area contributed by atoms with E-state index in [0.29, 0.717) is 11.3 Å². The summed E-state index contributed by atoms with van der Waals surface area (Å²) >= 11 is 0. The summed E-state index contributed by atoms with van der Waals surface area (Å²) in [6, 6.07) is 5.98. The van der Waals surface area contributed by atoms with Crippen LogP contribution in [0.25, 0.3) is 6.08 Å². The van der Waals surface area contributed by atoms with Crippen LogP contribution < -0.4 is 14.2 Å². The van der Waals surface area contributed by atoms with E-state index in [1.54, 1.807) is 0 Å². The highest BCUT2D eigenvalue weighted by molar-refractivity contribution is 6.30. The standard InChI is InChI=1S/C20H16O7/c1-25-11-8-13-18(15(9-11)27-3)20(24)17-12(19(13)23)6-10(4-5-16(21)22)7-14(17)26-2/h4-9H,1-3H3,(H,21,22). The van der Waals surface area contributed by atoms with E-state index < -0.39 is 17.5 Å². The van der Waals surface area contributed by atoms with Gasteiger partial charge in [-0.25, -0.2) is 4.79 Å². The second-order valence-electron chi connectivity index (χ2n) is 5.73. The van der Waals surface area contributed by atoms with Crippen molar-refractivity contribution in [3.63, 3.8) is 0 Å². The van der Waals surface area contributed by atoms with Gasteiger partial charge in [-0.1, -0.05) is 0 Å². The van der Waals surface area contributed by atoms with Gasteiger partial charge in [0.1, 0.15) is 17.2 Å². The second kappa shape index (κ2) is 6.95. The lowest BCUT2D eigenvalue weighted by atomic mass is 9.82. The Morgan fingerprint density at radius 3 is 2.00 bits per heavy atom. The highest BCUT2D eigenvalue weighted by atomic mass is 16.5. The molecule has 0 amide bonds. The minimum absolute atomic E-state index is 0.117. The molecule has 27 heavy (non-hydrogen) atoms. The van der Waals surface area contributed by atoms with Gasteiger partial charge in [0.2, 0.25) is 5.78 Å². The molecule has 0 unspecified atom stereocenters. The van der Waals surface area contributed by atoms with Crippen LogP contribution in [0, 0.1) is 0 Å². The number of carbonyl (C=O) groups is 3. The second-order valence-corrected chi connectivity index (χ2v) is 5.73. The number of hydrogen-bond acceptors (Lipinski definition) is 6. The van der Waals surface area contributed by atoms with E-state index in [9.17, 15) is 14.4 Å². The Bertz CT molecular complexity index is 1000. The van der Waals surface area contributed by atoms with E-state index in [1.807, 2.05) is 0 Å². The third-order valence-electron chi connectivity index (χ3n) is 4.24. The summed E-state index contributed by atoms with van der Waals surface area (Å²) in [5.41, 5.74) is 0.971. The number of ether oxygens (including phenoxy) is 3. The largest absolute Gasteiger partial charge is 0.497 e. The lowest BCUT2D eigenvalue weighted by Gasteiger charge is -2.22. The van der Waals surface area contributed by atoms with Crippen molar-refractivity contribution in [1.82, 2.24) is 0 Å². The molecule has 7 heteroatoms. The summed E-state index contributed by atoms with van der Waals surface area (Å²) in [5.74, 6) is -1.16. The monoisotopic (exact) mass is 368 g/mol. The first-order chi connectivity index (χ1) is 12.9. The van der Waals surface area contributed by atoms with E-state index >= 15 is 0 Å². The molecule has 0 saturated carbocycles. The lowest BCUT2D eigenvalue weighted by Crippen LogP contribution is -2.23. The van der Waals surface area contributed by atoms with Crippen LogP contribution in [-0.4, -0.2) is 44.0 Å². The molecular weight excluding hydrogens is 352 g/mol. The normalized spacial score (nSPS) is 12.6. The Morgan fingerprint density at radius 2 is 1.44 bits per heavy atom. The SMILES string of the molecule is COc1cc(OC)c2c(c1)C(=O)c1cc(C=CC(=O)O)cc(OC)c1C2=O. The Balaban J connectivity index is 2.27. The quantitative estimate of drug-likeness (QED) is 0.691. The highest BCUT2D eigenvalue weighted by Gasteiger charge is 2.35. The van der Waals surface area contributed by atoms with Gasteiger partial charge < -0.3 is 19.3 Å². The van der Waals surface area contributed by atoms with E-state index in [2.05, 4.69) is 0 Å². The number of fused-ring (bicyclic) bond motifs is 2. The number of methoxy groups -OCH3 is 3. The van der Waals surface area contributed by atoms with Crippen molar-refractivity contribution < 1.29 is 33.7 Å². The predicted octanol–water partition coefficient (Wildman–Crippen LogP) is 2.59. The van der Waals surface area contributed by atoms with Crippen molar-refractivity contribution in [1.29, 1.82) is 0 Å². The fourth-order valence-electron chi connectivity index (χ4n) is 3.03. The predicted molar refractivity (Wildman–Crippen MR) is 96.1 cm³/mol. The maximum atomic E-state index is 13.1. The molecule has 0 bridgehead atoms. The molecule has 0 aromatic heterocycles. The van der Waals surface area contributed by atoms with Crippen molar-refractivity contribution in [2.45, 2.75) is 0 Å². The third-order valence-corrected chi connectivity index (χ3v) is 4.24. The van der Waals surface area contributed by atoms with Gasteiger partial charge in [0.15, 0.2) is 5.78 Å². The number of benzene rings is 2. The number of ketones is 2. The van der Waals surface area contributed by atoms with Crippen molar-refractivity contribution in [3.05, 3.63) is 58.2 Å². The van der Waals surface area contributed by atoms with Crippen LogP contribution >= 0.6 is 0 Å². The molecule has 0 heterocycles. The maximum Gasteiger partial charge on any atom is 0.328 e. The van der Waals surface area contributed by atoms with Crippen LogP contribution in [0.4, 0.5) is 0 Å². The molecule has 0 aliphatic heterocycles. The van der Waals surface area contributed by atoms with Crippen LogP contribution in [-0.2, 0) is 4.79 Å². The first kappa shape index (κ1) is 18.2. The van der Waals surface area contributed by atoms with Crippen molar-refractivity contribution >= 4 is 23.6 Å². The fraction of sp³-hybridized carbons (Fsp3) is 0.150.